The number of rotatable bonds is 3. The van der Waals surface area contributed by atoms with Crippen LogP contribution in [0.4, 0.5) is 4.39 Å². The minimum Gasteiger partial charge on any atom is -0.239 e. The number of allylic oxidation sites excluding steroid dienone is 1. The van der Waals surface area contributed by atoms with E-state index < -0.39 is 6.17 Å². The van der Waals surface area contributed by atoms with Crippen molar-refractivity contribution in [3.05, 3.63) is 54.1 Å². The molecule has 4 rings (SSSR count). The molecule has 0 radical (unpaired) electrons. The largest absolute Gasteiger partial charge is 0.239 e. The van der Waals surface area contributed by atoms with Crippen molar-refractivity contribution in [3.63, 3.8) is 0 Å². The fourth-order valence-corrected chi connectivity index (χ4v) is 3.72. The molecule has 2 aromatic rings. The molecule has 1 fully saturated rings. The number of hydrogen-bond acceptors (Lipinski definition) is 2. The Morgan fingerprint density at radius 1 is 1.18 bits per heavy atom. The molecule has 114 valence electrons. The lowest BCUT2D eigenvalue weighted by Crippen LogP contribution is -2.08. The van der Waals surface area contributed by atoms with Gasteiger partial charge in [0, 0.05) is 6.42 Å². The highest BCUT2D eigenvalue weighted by molar-refractivity contribution is 5.59. The maximum Gasteiger partial charge on any atom is 0.177 e. The first-order chi connectivity index (χ1) is 10.7. The number of nitrogens with zero attached hydrogens (tertiary/aromatic N) is 3. The maximum absolute atomic E-state index is 14.4. The van der Waals surface area contributed by atoms with Crippen LogP contribution in [0.1, 0.15) is 61.5 Å². The molecule has 2 unspecified atom stereocenters. The number of fused-ring (bicyclic) bond motifs is 1. The Bertz CT molecular complexity index is 686. The Kier molecular flexibility index (Phi) is 3.32. The summed E-state index contributed by atoms with van der Waals surface area (Å²) in [5.41, 5.74) is 2.07. The molecule has 0 spiro atoms. The first-order valence-electron chi connectivity index (χ1n) is 8.08. The normalized spacial score (nSPS) is 24.6. The van der Waals surface area contributed by atoms with E-state index >= 15 is 0 Å². The molecule has 1 aliphatic heterocycles. The van der Waals surface area contributed by atoms with Gasteiger partial charge in [-0.05, 0) is 29.9 Å². The predicted octanol–water partition coefficient (Wildman–Crippen LogP) is 4.49. The SMILES string of the molecule is C=C(c1nc2n(n1)C(c1ccccc1)CC2F)C1CCCC1. The number of aromatic nitrogens is 3. The molecule has 1 aliphatic carbocycles. The summed E-state index contributed by atoms with van der Waals surface area (Å²) in [4.78, 5) is 4.47. The minimum absolute atomic E-state index is 0.0520. The third kappa shape index (κ3) is 2.18. The van der Waals surface area contributed by atoms with Crippen LogP contribution in [0, 0.1) is 5.92 Å². The van der Waals surface area contributed by atoms with Gasteiger partial charge >= 0.3 is 0 Å². The van der Waals surface area contributed by atoms with Crippen LogP contribution >= 0.6 is 0 Å². The lowest BCUT2D eigenvalue weighted by atomic mass is 9.98. The zero-order valence-electron chi connectivity index (χ0n) is 12.6. The van der Waals surface area contributed by atoms with Crippen LogP contribution in [0.2, 0.25) is 0 Å². The fourth-order valence-electron chi connectivity index (χ4n) is 3.72. The van der Waals surface area contributed by atoms with Gasteiger partial charge in [0.15, 0.2) is 17.8 Å². The molecule has 0 saturated heterocycles. The summed E-state index contributed by atoms with van der Waals surface area (Å²) in [5, 5.41) is 4.61. The average Bonchev–Trinajstić information content (AvgIpc) is 3.25. The van der Waals surface area contributed by atoms with E-state index in [1.54, 1.807) is 4.68 Å². The molecule has 0 N–H and O–H groups in total. The van der Waals surface area contributed by atoms with Crippen LogP contribution < -0.4 is 0 Å². The molecule has 4 heteroatoms. The van der Waals surface area contributed by atoms with E-state index in [4.69, 9.17) is 0 Å². The van der Waals surface area contributed by atoms with Gasteiger partial charge in [-0.2, -0.15) is 5.10 Å². The summed E-state index contributed by atoms with van der Waals surface area (Å²) in [7, 11) is 0. The second-order valence-corrected chi connectivity index (χ2v) is 6.37. The van der Waals surface area contributed by atoms with Crippen molar-refractivity contribution in [2.75, 3.05) is 0 Å². The highest BCUT2D eigenvalue weighted by atomic mass is 19.1. The molecule has 3 nitrogen and oxygen atoms in total. The summed E-state index contributed by atoms with van der Waals surface area (Å²) in [6.45, 7) is 4.18. The third-order valence-corrected chi connectivity index (χ3v) is 4.98. The predicted molar refractivity (Wildman–Crippen MR) is 84.1 cm³/mol. The number of halogens is 1. The van der Waals surface area contributed by atoms with Crippen molar-refractivity contribution in [1.29, 1.82) is 0 Å². The first kappa shape index (κ1) is 13.7. The van der Waals surface area contributed by atoms with Crippen LogP contribution in [-0.4, -0.2) is 14.8 Å². The second-order valence-electron chi connectivity index (χ2n) is 6.37. The van der Waals surface area contributed by atoms with Gasteiger partial charge in [0.25, 0.3) is 0 Å². The number of alkyl halides is 1. The monoisotopic (exact) mass is 297 g/mol. The molecule has 1 aromatic carbocycles. The zero-order chi connectivity index (χ0) is 15.1. The molecular formula is C18H20FN3. The van der Waals surface area contributed by atoms with Crippen molar-refractivity contribution < 1.29 is 4.39 Å². The molecule has 22 heavy (non-hydrogen) atoms. The summed E-state index contributed by atoms with van der Waals surface area (Å²) < 4.78 is 16.1. The van der Waals surface area contributed by atoms with Gasteiger partial charge in [-0.1, -0.05) is 49.8 Å². The lowest BCUT2D eigenvalue weighted by Gasteiger charge is -2.12. The van der Waals surface area contributed by atoms with E-state index in [0.717, 1.165) is 24.0 Å². The van der Waals surface area contributed by atoms with E-state index in [0.29, 0.717) is 24.0 Å². The first-order valence-corrected chi connectivity index (χ1v) is 8.08. The highest BCUT2D eigenvalue weighted by Crippen LogP contribution is 2.41. The Balaban J connectivity index is 1.67. The van der Waals surface area contributed by atoms with Gasteiger partial charge < -0.3 is 0 Å². The smallest absolute Gasteiger partial charge is 0.177 e. The molecule has 2 aliphatic rings. The fraction of sp³-hybridized carbons (Fsp3) is 0.444. The van der Waals surface area contributed by atoms with Crippen molar-refractivity contribution >= 4 is 5.57 Å². The molecule has 2 atom stereocenters. The summed E-state index contributed by atoms with van der Waals surface area (Å²) >= 11 is 0. The molecule has 0 bridgehead atoms. The van der Waals surface area contributed by atoms with Gasteiger partial charge in [-0.25, -0.2) is 14.1 Å². The van der Waals surface area contributed by atoms with Crippen LogP contribution in [0.15, 0.2) is 36.9 Å². The van der Waals surface area contributed by atoms with Crippen LogP contribution in [0.3, 0.4) is 0 Å². The minimum atomic E-state index is -1.04. The standard InChI is InChI=1S/C18H20FN3/c1-12(13-7-5-6-8-13)17-20-18-15(19)11-16(22(18)21-17)14-9-3-2-4-10-14/h2-4,9-10,13,15-16H,1,5-8,11H2. The van der Waals surface area contributed by atoms with Gasteiger partial charge in [0.05, 0.1) is 6.04 Å². The Morgan fingerprint density at radius 3 is 2.64 bits per heavy atom. The van der Waals surface area contributed by atoms with Crippen molar-refractivity contribution in [2.45, 2.75) is 44.3 Å². The summed E-state index contributed by atoms with van der Waals surface area (Å²) in [6.07, 6.45) is 4.19. The Hall–Kier alpha value is -1.97. The van der Waals surface area contributed by atoms with Crippen LogP contribution in [0.5, 0.6) is 0 Å². The quantitative estimate of drug-likeness (QED) is 0.836. The van der Waals surface area contributed by atoms with Gasteiger partial charge in [0.1, 0.15) is 0 Å². The van der Waals surface area contributed by atoms with E-state index in [1.165, 1.54) is 12.8 Å². The summed E-state index contributed by atoms with van der Waals surface area (Å²) in [5.74, 6) is 1.57. The van der Waals surface area contributed by atoms with Crippen molar-refractivity contribution in [1.82, 2.24) is 14.8 Å². The number of hydrogen-bond donors (Lipinski definition) is 0. The van der Waals surface area contributed by atoms with E-state index in [-0.39, 0.29) is 6.04 Å². The molecule has 0 amide bonds. The number of benzene rings is 1. The molecule has 2 heterocycles. The molecule has 1 aromatic heterocycles. The van der Waals surface area contributed by atoms with Crippen molar-refractivity contribution in [3.8, 4) is 0 Å². The highest BCUT2D eigenvalue weighted by Gasteiger charge is 2.36. The van der Waals surface area contributed by atoms with Crippen molar-refractivity contribution in [2.24, 2.45) is 5.92 Å². The van der Waals surface area contributed by atoms with Gasteiger partial charge in [-0.3, -0.25) is 0 Å². The Morgan fingerprint density at radius 2 is 1.91 bits per heavy atom. The second kappa shape index (κ2) is 5.34. The van der Waals surface area contributed by atoms with Crippen LogP contribution in [0.25, 0.3) is 5.57 Å². The Labute approximate surface area is 129 Å². The zero-order valence-corrected chi connectivity index (χ0v) is 12.6. The lowest BCUT2D eigenvalue weighted by molar-refractivity contribution is 0.328. The summed E-state index contributed by atoms with van der Waals surface area (Å²) in [6, 6.07) is 9.94. The van der Waals surface area contributed by atoms with E-state index in [2.05, 4.69) is 16.7 Å². The maximum atomic E-state index is 14.4. The topological polar surface area (TPSA) is 30.7 Å². The van der Waals surface area contributed by atoms with E-state index in [9.17, 15) is 4.39 Å². The van der Waals surface area contributed by atoms with Crippen LogP contribution in [-0.2, 0) is 0 Å². The molecule has 1 saturated carbocycles. The van der Waals surface area contributed by atoms with E-state index in [1.807, 2.05) is 30.3 Å². The van der Waals surface area contributed by atoms with Gasteiger partial charge in [0.2, 0.25) is 0 Å². The van der Waals surface area contributed by atoms with Gasteiger partial charge in [-0.15, -0.1) is 0 Å². The average molecular weight is 297 g/mol. The molecular weight excluding hydrogens is 277 g/mol. The third-order valence-electron chi connectivity index (χ3n) is 4.98.